The number of hydrogen-bond donors (Lipinski definition) is 1. The number of para-hydroxylation sites is 1. The van der Waals surface area contributed by atoms with Gasteiger partial charge in [0.25, 0.3) is 5.91 Å². The maximum absolute atomic E-state index is 12.7. The average molecular weight is 350 g/mol. The molecule has 2 amide bonds. The van der Waals surface area contributed by atoms with Gasteiger partial charge in [-0.3, -0.25) is 9.59 Å². The number of nitrogens with zero attached hydrogens (tertiary/aromatic N) is 1. The fraction of sp³-hybridized carbons (Fsp3) is 0.238. The number of aryl methyl sites for hydroxylation is 1. The zero-order chi connectivity index (χ0) is 18.4. The molecule has 0 radical (unpaired) electrons. The van der Waals surface area contributed by atoms with E-state index in [9.17, 15) is 9.59 Å². The molecule has 0 unspecified atom stereocenters. The Labute approximate surface area is 153 Å². The van der Waals surface area contributed by atoms with Crippen LogP contribution in [0.3, 0.4) is 0 Å². The summed E-state index contributed by atoms with van der Waals surface area (Å²) in [5.41, 5.74) is 3.12. The zero-order valence-electron chi connectivity index (χ0n) is 14.8. The predicted octanol–water partition coefficient (Wildman–Crippen LogP) is 3.12. The lowest BCUT2D eigenvalue weighted by Gasteiger charge is -2.27. The SMILES string of the molecule is Cc1ccc(C=CC(=O)Nc2ccccc2C(=O)N2CCOCC2)cc1. The highest BCUT2D eigenvalue weighted by Crippen LogP contribution is 2.18. The van der Waals surface area contributed by atoms with Gasteiger partial charge in [-0.15, -0.1) is 0 Å². The Balaban J connectivity index is 1.70. The summed E-state index contributed by atoms with van der Waals surface area (Å²) in [4.78, 5) is 26.7. The molecule has 0 atom stereocenters. The van der Waals surface area contributed by atoms with Crippen LogP contribution in [0.15, 0.2) is 54.6 Å². The normalized spacial score (nSPS) is 14.4. The molecule has 26 heavy (non-hydrogen) atoms. The topological polar surface area (TPSA) is 58.6 Å². The van der Waals surface area contributed by atoms with Crippen LogP contribution in [0.1, 0.15) is 21.5 Å². The maximum atomic E-state index is 12.7. The Morgan fingerprint density at radius 2 is 1.73 bits per heavy atom. The third kappa shape index (κ3) is 4.58. The number of hydrogen-bond acceptors (Lipinski definition) is 3. The fourth-order valence-electron chi connectivity index (χ4n) is 2.74. The van der Waals surface area contributed by atoms with E-state index in [1.807, 2.05) is 31.2 Å². The Morgan fingerprint density at radius 3 is 2.46 bits per heavy atom. The number of ether oxygens (including phenoxy) is 1. The third-order valence-electron chi connectivity index (χ3n) is 4.22. The molecule has 1 fully saturated rings. The van der Waals surface area contributed by atoms with Crippen molar-refractivity contribution in [2.45, 2.75) is 6.92 Å². The molecule has 5 heteroatoms. The van der Waals surface area contributed by atoms with Gasteiger partial charge in [-0.05, 0) is 30.7 Å². The minimum atomic E-state index is -0.271. The second kappa shape index (κ2) is 8.45. The van der Waals surface area contributed by atoms with Gasteiger partial charge in [-0.2, -0.15) is 0 Å². The molecule has 0 bridgehead atoms. The monoisotopic (exact) mass is 350 g/mol. The number of rotatable bonds is 4. The van der Waals surface area contributed by atoms with Crippen LogP contribution in [0.5, 0.6) is 0 Å². The van der Waals surface area contributed by atoms with Crippen LogP contribution in [0, 0.1) is 6.92 Å². The highest BCUT2D eigenvalue weighted by molar-refractivity contribution is 6.07. The summed E-state index contributed by atoms with van der Waals surface area (Å²) in [5.74, 6) is -0.362. The van der Waals surface area contributed by atoms with Gasteiger partial charge in [-0.25, -0.2) is 0 Å². The van der Waals surface area contributed by atoms with Crippen molar-refractivity contribution in [3.63, 3.8) is 0 Å². The van der Waals surface area contributed by atoms with Crippen molar-refractivity contribution in [1.29, 1.82) is 0 Å². The zero-order valence-corrected chi connectivity index (χ0v) is 14.8. The molecule has 1 aliphatic heterocycles. The van der Waals surface area contributed by atoms with E-state index >= 15 is 0 Å². The van der Waals surface area contributed by atoms with Gasteiger partial charge in [0, 0.05) is 19.2 Å². The van der Waals surface area contributed by atoms with Crippen LogP contribution in [0.4, 0.5) is 5.69 Å². The molecule has 2 aromatic rings. The van der Waals surface area contributed by atoms with Gasteiger partial charge in [0.05, 0.1) is 24.5 Å². The van der Waals surface area contributed by atoms with Gasteiger partial charge in [0.2, 0.25) is 5.91 Å². The van der Waals surface area contributed by atoms with E-state index in [0.29, 0.717) is 37.6 Å². The quantitative estimate of drug-likeness (QED) is 0.862. The van der Waals surface area contributed by atoms with E-state index in [2.05, 4.69) is 5.32 Å². The highest BCUT2D eigenvalue weighted by Gasteiger charge is 2.21. The summed E-state index contributed by atoms with van der Waals surface area (Å²) in [6, 6.07) is 15.0. The number of amides is 2. The van der Waals surface area contributed by atoms with Crippen LogP contribution in [0.25, 0.3) is 6.08 Å². The minimum absolute atomic E-state index is 0.0910. The molecule has 1 N–H and O–H groups in total. The molecular formula is C21H22N2O3. The van der Waals surface area contributed by atoms with Crippen LogP contribution in [0.2, 0.25) is 0 Å². The second-order valence-electron chi connectivity index (χ2n) is 6.18. The number of carbonyl (C=O) groups excluding carboxylic acids is 2. The molecule has 2 aromatic carbocycles. The third-order valence-corrected chi connectivity index (χ3v) is 4.22. The van der Waals surface area contributed by atoms with Gasteiger partial charge >= 0.3 is 0 Å². The fourth-order valence-corrected chi connectivity index (χ4v) is 2.74. The Morgan fingerprint density at radius 1 is 1.04 bits per heavy atom. The van der Waals surface area contributed by atoms with Crippen LogP contribution < -0.4 is 5.32 Å². The maximum Gasteiger partial charge on any atom is 0.256 e. The summed E-state index contributed by atoms with van der Waals surface area (Å²) in [6.07, 6.45) is 3.22. The van der Waals surface area contributed by atoms with Gasteiger partial charge in [0.1, 0.15) is 0 Å². The van der Waals surface area contributed by atoms with Crippen molar-refractivity contribution in [3.05, 3.63) is 71.3 Å². The Bertz CT molecular complexity index is 806. The molecule has 0 saturated carbocycles. The predicted molar refractivity (Wildman–Crippen MR) is 102 cm³/mol. The molecule has 134 valence electrons. The first-order valence-corrected chi connectivity index (χ1v) is 8.65. The van der Waals surface area contributed by atoms with Crippen molar-refractivity contribution in [3.8, 4) is 0 Å². The van der Waals surface area contributed by atoms with Crippen molar-refractivity contribution in [2.75, 3.05) is 31.6 Å². The van der Waals surface area contributed by atoms with Gasteiger partial charge < -0.3 is 15.0 Å². The largest absolute Gasteiger partial charge is 0.378 e. The number of nitrogens with one attached hydrogen (secondary N) is 1. The first-order chi connectivity index (χ1) is 12.6. The Hall–Kier alpha value is -2.92. The number of anilines is 1. The number of carbonyl (C=O) groups is 2. The number of morpholine rings is 1. The summed E-state index contributed by atoms with van der Waals surface area (Å²) in [7, 11) is 0. The minimum Gasteiger partial charge on any atom is -0.378 e. The standard InChI is InChI=1S/C21H22N2O3/c1-16-6-8-17(9-7-16)10-11-20(24)22-19-5-3-2-4-18(19)21(25)23-12-14-26-15-13-23/h2-11H,12-15H2,1H3,(H,22,24). The van der Waals surface area contributed by atoms with Gasteiger partial charge in [-0.1, -0.05) is 42.0 Å². The van der Waals surface area contributed by atoms with Crippen LogP contribution in [-0.4, -0.2) is 43.0 Å². The van der Waals surface area contributed by atoms with E-state index in [4.69, 9.17) is 4.74 Å². The smallest absolute Gasteiger partial charge is 0.256 e. The van der Waals surface area contributed by atoms with Crippen LogP contribution >= 0.6 is 0 Å². The molecule has 0 spiro atoms. The highest BCUT2D eigenvalue weighted by atomic mass is 16.5. The van der Waals surface area contributed by atoms with E-state index in [1.54, 1.807) is 35.2 Å². The first kappa shape index (κ1) is 17.9. The van der Waals surface area contributed by atoms with E-state index in [0.717, 1.165) is 5.56 Å². The second-order valence-corrected chi connectivity index (χ2v) is 6.18. The van der Waals surface area contributed by atoms with Crippen LogP contribution in [-0.2, 0) is 9.53 Å². The summed E-state index contributed by atoms with van der Waals surface area (Å²) < 4.78 is 5.29. The summed E-state index contributed by atoms with van der Waals surface area (Å²) >= 11 is 0. The van der Waals surface area contributed by atoms with Crippen molar-refractivity contribution < 1.29 is 14.3 Å². The lowest BCUT2D eigenvalue weighted by atomic mass is 10.1. The lowest BCUT2D eigenvalue weighted by molar-refractivity contribution is -0.111. The number of benzene rings is 2. The van der Waals surface area contributed by atoms with E-state index < -0.39 is 0 Å². The summed E-state index contributed by atoms with van der Waals surface area (Å²) in [6.45, 7) is 4.23. The molecule has 3 rings (SSSR count). The average Bonchev–Trinajstić information content (AvgIpc) is 2.68. The Kier molecular flexibility index (Phi) is 5.81. The molecule has 1 aliphatic rings. The molecule has 0 aromatic heterocycles. The van der Waals surface area contributed by atoms with Crippen molar-refractivity contribution >= 4 is 23.6 Å². The molecule has 1 heterocycles. The molecule has 1 saturated heterocycles. The van der Waals surface area contributed by atoms with Crippen molar-refractivity contribution in [2.24, 2.45) is 0 Å². The van der Waals surface area contributed by atoms with Gasteiger partial charge in [0.15, 0.2) is 0 Å². The summed E-state index contributed by atoms with van der Waals surface area (Å²) in [5, 5.41) is 2.81. The van der Waals surface area contributed by atoms with E-state index in [1.165, 1.54) is 11.6 Å². The molecular weight excluding hydrogens is 328 g/mol. The molecule has 5 nitrogen and oxygen atoms in total. The molecule has 0 aliphatic carbocycles. The van der Waals surface area contributed by atoms with E-state index in [-0.39, 0.29) is 11.8 Å². The van der Waals surface area contributed by atoms with Crippen molar-refractivity contribution in [1.82, 2.24) is 4.90 Å². The lowest BCUT2D eigenvalue weighted by Crippen LogP contribution is -2.41. The first-order valence-electron chi connectivity index (χ1n) is 8.65.